The van der Waals surface area contributed by atoms with Gasteiger partial charge in [0.15, 0.2) is 16.9 Å². The monoisotopic (exact) mass is 481 g/mol. The average Bonchev–Trinajstić information content (AvgIpc) is 3.10. The van der Waals surface area contributed by atoms with Gasteiger partial charge in [0.1, 0.15) is 5.82 Å². The van der Waals surface area contributed by atoms with E-state index in [0.29, 0.717) is 28.7 Å². The van der Waals surface area contributed by atoms with E-state index in [9.17, 15) is 9.18 Å². The van der Waals surface area contributed by atoms with Crippen LogP contribution in [-0.2, 0) is 13.0 Å². The Hall–Kier alpha value is -3.03. The van der Waals surface area contributed by atoms with Crippen LogP contribution in [0.2, 0.25) is 0 Å². The fourth-order valence-electron chi connectivity index (χ4n) is 4.52. The molecule has 0 saturated carbocycles. The van der Waals surface area contributed by atoms with Gasteiger partial charge < -0.3 is 19.5 Å². The van der Waals surface area contributed by atoms with E-state index in [2.05, 4.69) is 5.32 Å². The molecule has 1 atom stereocenters. The number of nitrogens with one attached hydrogen (secondary N) is 1. The highest BCUT2D eigenvalue weighted by Crippen LogP contribution is 2.50. The number of ether oxygens (including phenoxy) is 3. The first-order chi connectivity index (χ1) is 16.5. The number of methoxy groups -OCH3 is 3. The van der Waals surface area contributed by atoms with Crippen molar-refractivity contribution in [2.24, 2.45) is 0 Å². The number of hydrogen-bond acceptors (Lipinski definition) is 6. The van der Waals surface area contributed by atoms with Crippen LogP contribution >= 0.6 is 11.8 Å². The van der Waals surface area contributed by atoms with Crippen molar-refractivity contribution < 1.29 is 18.6 Å². The summed E-state index contributed by atoms with van der Waals surface area (Å²) in [5.41, 5.74) is 4.73. The molecule has 0 saturated heterocycles. The largest absolute Gasteiger partial charge is 0.493 e. The lowest BCUT2D eigenvalue weighted by atomic mass is 9.95. The van der Waals surface area contributed by atoms with Gasteiger partial charge in [-0.25, -0.2) is 4.39 Å². The lowest BCUT2D eigenvalue weighted by molar-refractivity contribution is 0.324. The van der Waals surface area contributed by atoms with E-state index < -0.39 is 0 Å². The third-order valence-corrected chi connectivity index (χ3v) is 6.96. The smallest absolute Gasteiger partial charge is 0.203 e. The van der Waals surface area contributed by atoms with Gasteiger partial charge in [-0.3, -0.25) is 4.79 Å². The zero-order chi connectivity index (χ0) is 24.2. The molecule has 1 aliphatic rings. The predicted octanol–water partition coefficient (Wildman–Crippen LogP) is 5.38. The minimum atomic E-state index is -0.262. The maximum atomic E-state index is 13.3. The molecule has 0 radical (unpaired) electrons. The van der Waals surface area contributed by atoms with Crippen LogP contribution in [0, 0.1) is 5.82 Å². The lowest BCUT2D eigenvalue weighted by Gasteiger charge is -2.20. The summed E-state index contributed by atoms with van der Waals surface area (Å²) in [7, 11) is 4.81. The number of thioether (sulfide) groups is 1. The van der Waals surface area contributed by atoms with Crippen LogP contribution < -0.4 is 25.0 Å². The van der Waals surface area contributed by atoms with Crippen LogP contribution in [0.15, 0.2) is 58.2 Å². The Kier molecular flexibility index (Phi) is 7.44. The van der Waals surface area contributed by atoms with Crippen LogP contribution in [0.25, 0.3) is 11.1 Å². The van der Waals surface area contributed by atoms with Crippen molar-refractivity contribution in [3.8, 4) is 28.4 Å². The topological polar surface area (TPSA) is 56.8 Å². The maximum absolute atomic E-state index is 13.3. The van der Waals surface area contributed by atoms with Gasteiger partial charge in [0.25, 0.3) is 0 Å². The van der Waals surface area contributed by atoms with E-state index in [0.717, 1.165) is 40.7 Å². The third kappa shape index (κ3) is 4.63. The van der Waals surface area contributed by atoms with E-state index >= 15 is 0 Å². The van der Waals surface area contributed by atoms with Crippen molar-refractivity contribution in [2.45, 2.75) is 30.3 Å². The zero-order valence-corrected chi connectivity index (χ0v) is 20.6. The van der Waals surface area contributed by atoms with Gasteiger partial charge in [-0.15, -0.1) is 11.8 Å². The summed E-state index contributed by atoms with van der Waals surface area (Å²) in [5.74, 6) is 1.45. The molecule has 34 heavy (non-hydrogen) atoms. The standard InChI is InChI=1S/C27H28FNO4S/c1-31-23-13-17-7-11-21(29-15-16-5-8-18(28)9-6-16)20-14-22(30)24(34-4)12-10-19(20)25(17)27(33-3)26(23)32-2/h5-6,8-10,12-14,21,29H,7,11,15H2,1-4H3. The Labute approximate surface area is 203 Å². The highest BCUT2D eigenvalue weighted by atomic mass is 32.2. The predicted molar refractivity (Wildman–Crippen MR) is 134 cm³/mol. The Morgan fingerprint density at radius 2 is 1.74 bits per heavy atom. The molecule has 5 nitrogen and oxygen atoms in total. The molecule has 1 N–H and O–H groups in total. The van der Waals surface area contributed by atoms with Crippen LogP contribution in [-0.4, -0.2) is 27.6 Å². The average molecular weight is 482 g/mol. The number of halogens is 1. The van der Waals surface area contributed by atoms with E-state index in [1.54, 1.807) is 39.5 Å². The van der Waals surface area contributed by atoms with Crippen LogP contribution in [0.4, 0.5) is 4.39 Å². The molecule has 0 fully saturated rings. The summed E-state index contributed by atoms with van der Waals surface area (Å²) < 4.78 is 30.4. The summed E-state index contributed by atoms with van der Waals surface area (Å²) >= 11 is 1.43. The van der Waals surface area contributed by atoms with Crippen molar-refractivity contribution >= 4 is 11.8 Å². The van der Waals surface area contributed by atoms with Crippen LogP contribution in [0.1, 0.15) is 29.2 Å². The van der Waals surface area contributed by atoms with Gasteiger partial charge in [-0.2, -0.15) is 0 Å². The minimum absolute atomic E-state index is 0.0229. The fraction of sp³-hybridized carbons (Fsp3) is 0.296. The summed E-state index contributed by atoms with van der Waals surface area (Å²) in [4.78, 5) is 13.7. The van der Waals surface area contributed by atoms with Crippen molar-refractivity contribution in [1.29, 1.82) is 0 Å². The van der Waals surface area contributed by atoms with Crippen molar-refractivity contribution in [3.63, 3.8) is 0 Å². The van der Waals surface area contributed by atoms with Crippen molar-refractivity contribution in [1.82, 2.24) is 5.32 Å². The Morgan fingerprint density at radius 3 is 2.38 bits per heavy atom. The molecule has 178 valence electrons. The Bertz CT molecular complexity index is 1250. The number of aryl methyl sites for hydroxylation is 1. The molecular weight excluding hydrogens is 453 g/mol. The number of rotatable bonds is 7. The molecule has 3 aromatic carbocycles. The van der Waals surface area contributed by atoms with Gasteiger partial charge in [-0.05, 0) is 71.7 Å². The summed E-state index contributed by atoms with van der Waals surface area (Å²) in [6, 6.07) is 13.9. The Morgan fingerprint density at radius 1 is 1.00 bits per heavy atom. The quantitative estimate of drug-likeness (QED) is 0.458. The van der Waals surface area contributed by atoms with E-state index in [4.69, 9.17) is 14.2 Å². The minimum Gasteiger partial charge on any atom is -0.493 e. The molecule has 0 heterocycles. The molecule has 0 aliphatic heterocycles. The highest BCUT2D eigenvalue weighted by Gasteiger charge is 2.29. The summed E-state index contributed by atoms with van der Waals surface area (Å²) in [6.45, 7) is 0.548. The van der Waals surface area contributed by atoms with Crippen molar-refractivity contribution in [3.05, 3.63) is 81.3 Å². The molecule has 1 aliphatic carbocycles. The van der Waals surface area contributed by atoms with Gasteiger partial charge in [-0.1, -0.05) is 18.2 Å². The third-order valence-electron chi connectivity index (χ3n) is 6.19. The molecular formula is C27H28FNO4S. The maximum Gasteiger partial charge on any atom is 0.203 e. The molecule has 3 aromatic rings. The molecule has 7 heteroatoms. The molecule has 1 unspecified atom stereocenters. The highest BCUT2D eigenvalue weighted by molar-refractivity contribution is 7.98. The molecule has 4 rings (SSSR count). The second-order valence-electron chi connectivity index (χ2n) is 8.06. The van der Waals surface area contributed by atoms with Gasteiger partial charge in [0.05, 0.1) is 26.2 Å². The van der Waals surface area contributed by atoms with Gasteiger partial charge in [0, 0.05) is 18.2 Å². The van der Waals surface area contributed by atoms with E-state index in [-0.39, 0.29) is 17.3 Å². The van der Waals surface area contributed by atoms with E-state index in [1.165, 1.54) is 23.9 Å². The summed E-state index contributed by atoms with van der Waals surface area (Å²) in [5, 5.41) is 3.59. The first-order valence-electron chi connectivity index (χ1n) is 11.0. The second kappa shape index (κ2) is 10.5. The normalized spacial score (nSPS) is 14.6. The molecule has 0 amide bonds. The fourth-order valence-corrected chi connectivity index (χ4v) is 4.99. The van der Waals surface area contributed by atoms with Crippen molar-refractivity contribution in [2.75, 3.05) is 27.6 Å². The first kappa shape index (κ1) is 24.1. The summed E-state index contributed by atoms with van der Waals surface area (Å²) in [6.07, 6.45) is 3.40. The first-order valence-corrected chi connectivity index (χ1v) is 12.3. The molecule has 0 bridgehead atoms. The van der Waals surface area contributed by atoms with Crippen LogP contribution in [0.3, 0.4) is 0 Å². The van der Waals surface area contributed by atoms with E-state index in [1.807, 2.05) is 24.5 Å². The molecule has 0 aromatic heterocycles. The number of fused-ring (bicyclic) bond motifs is 3. The lowest BCUT2D eigenvalue weighted by Crippen LogP contribution is -2.22. The van der Waals surface area contributed by atoms with Crippen LogP contribution in [0.5, 0.6) is 17.2 Å². The van der Waals surface area contributed by atoms with Gasteiger partial charge >= 0.3 is 0 Å². The Balaban J connectivity index is 1.89. The number of benzene rings is 2. The SMILES string of the molecule is COc1cc2c(c(OC)c1OC)-c1ccc(SC)c(=O)cc1C(NCc1ccc(F)cc1)CC2. The molecule has 0 spiro atoms. The van der Waals surface area contributed by atoms with Gasteiger partial charge in [0.2, 0.25) is 5.75 Å². The number of hydrogen-bond donors (Lipinski definition) is 1. The zero-order valence-electron chi connectivity index (χ0n) is 19.7. The second-order valence-corrected chi connectivity index (χ2v) is 8.91.